The lowest BCUT2D eigenvalue weighted by atomic mass is 10.4. The number of allylic oxidation sites excluding steroid dienone is 1. The van der Waals surface area contributed by atoms with Crippen molar-refractivity contribution in [3.8, 4) is 0 Å². The van der Waals surface area contributed by atoms with E-state index in [4.69, 9.17) is 0 Å². The zero-order valence-electron chi connectivity index (χ0n) is 5.32. The molecule has 0 atom stereocenters. The monoisotopic (exact) mass is 125 g/mol. The minimum atomic E-state index is 0.119. The summed E-state index contributed by atoms with van der Waals surface area (Å²) in [6.07, 6.45) is 5.10. The lowest BCUT2D eigenvalue weighted by Crippen LogP contribution is -2.01. The molecule has 0 aromatic carbocycles. The van der Waals surface area contributed by atoms with E-state index in [1.54, 1.807) is 12.1 Å². The maximum atomic E-state index is 3.75. The molecule has 1 saturated heterocycles. The van der Waals surface area contributed by atoms with Crippen molar-refractivity contribution in [1.82, 2.24) is 0 Å². The molecule has 0 bridgehead atoms. The van der Waals surface area contributed by atoms with Crippen LogP contribution in [0.2, 0.25) is 18.1 Å². The highest BCUT2D eigenvalue weighted by molar-refractivity contribution is 6.60. The third-order valence-corrected chi connectivity index (χ3v) is 4.73. The summed E-state index contributed by atoms with van der Waals surface area (Å²) in [5, 5.41) is 0. The topological polar surface area (TPSA) is 0 Å². The first-order valence-corrected chi connectivity index (χ1v) is 5.50. The normalized spacial score (nSPS) is 21.5. The molecule has 1 heterocycles. The molecule has 1 heteroatoms. The predicted molar refractivity (Wildman–Crippen MR) is 39.6 cm³/mol. The van der Waals surface area contributed by atoms with Gasteiger partial charge in [-0.25, -0.2) is 0 Å². The first-order valence-electron chi connectivity index (χ1n) is 3.38. The lowest BCUT2D eigenvalue weighted by Gasteiger charge is -1.98. The molecule has 1 fully saturated rings. The average molecular weight is 125 g/mol. The van der Waals surface area contributed by atoms with Crippen LogP contribution < -0.4 is 0 Å². The van der Waals surface area contributed by atoms with Gasteiger partial charge in [0.25, 0.3) is 0 Å². The van der Waals surface area contributed by atoms with Crippen LogP contribution in [0.25, 0.3) is 0 Å². The van der Waals surface area contributed by atoms with Gasteiger partial charge >= 0.3 is 0 Å². The summed E-state index contributed by atoms with van der Waals surface area (Å²) in [4.78, 5) is 0. The van der Waals surface area contributed by atoms with Crippen LogP contribution in [-0.2, 0) is 0 Å². The molecule has 45 valence electrons. The fourth-order valence-electron chi connectivity index (χ4n) is 1.28. The molecule has 1 rings (SSSR count). The smallest absolute Gasteiger partial charge is 0.0518 e. The number of rotatable bonds is 2. The SMILES string of the molecule is C=CC[Si]1CCCC1. The molecule has 1 radical (unpaired) electrons. The second kappa shape index (κ2) is 3.08. The summed E-state index contributed by atoms with van der Waals surface area (Å²) in [6, 6.07) is 4.46. The van der Waals surface area contributed by atoms with Crippen molar-refractivity contribution < 1.29 is 0 Å². The van der Waals surface area contributed by atoms with Crippen LogP contribution in [0.15, 0.2) is 12.7 Å². The van der Waals surface area contributed by atoms with E-state index in [0.29, 0.717) is 0 Å². The maximum absolute atomic E-state index is 3.75. The van der Waals surface area contributed by atoms with Crippen LogP contribution >= 0.6 is 0 Å². The number of hydrogen-bond donors (Lipinski definition) is 0. The third kappa shape index (κ3) is 1.48. The van der Waals surface area contributed by atoms with E-state index >= 15 is 0 Å². The molecule has 1 aliphatic rings. The molecule has 0 unspecified atom stereocenters. The molecule has 0 aromatic rings. The summed E-state index contributed by atoms with van der Waals surface area (Å²) in [5.41, 5.74) is 0. The second-order valence-corrected chi connectivity index (χ2v) is 5.36. The zero-order chi connectivity index (χ0) is 5.82. The molecule has 0 aromatic heterocycles. The molecule has 0 nitrogen and oxygen atoms in total. The standard InChI is InChI=1S/C7H13Si/c1-2-5-8-6-3-4-7-8/h2H,1,3-7H2. The van der Waals surface area contributed by atoms with E-state index < -0.39 is 0 Å². The van der Waals surface area contributed by atoms with Crippen molar-refractivity contribution in [3.63, 3.8) is 0 Å². The van der Waals surface area contributed by atoms with Gasteiger partial charge < -0.3 is 0 Å². The van der Waals surface area contributed by atoms with E-state index in [-0.39, 0.29) is 8.80 Å². The van der Waals surface area contributed by atoms with Crippen LogP contribution in [0.3, 0.4) is 0 Å². The van der Waals surface area contributed by atoms with Crippen molar-refractivity contribution in [2.75, 3.05) is 0 Å². The van der Waals surface area contributed by atoms with Gasteiger partial charge in [0.1, 0.15) is 0 Å². The quantitative estimate of drug-likeness (QED) is 0.393. The highest BCUT2D eigenvalue weighted by Crippen LogP contribution is 2.21. The van der Waals surface area contributed by atoms with Crippen molar-refractivity contribution in [2.24, 2.45) is 0 Å². The Hall–Kier alpha value is -0.0431. The van der Waals surface area contributed by atoms with Gasteiger partial charge in [-0.2, -0.15) is 0 Å². The largest absolute Gasteiger partial charge is 0.103 e. The molecular weight excluding hydrogens is 112 g/mol. The van der Waals surface area contributed by atoms with Crippen LogP contribution in [0, 0.1) is 0 Å². The fourth-order valence-corrected chi connectivity index (χ4v) is 3.85. The van der Waals surface area contributed by atoms with Gasteiger partial charge in [0.05, 0.1) is 8.80 Å². The lowest BCUT2D eigenvalue weighted by molar-refractivity contribution is 0.935. The van der Waals surface area contributed by atoms with E-state index in [2.05, 4.69) is 12.7 Å². The minimum Gasteiger partial charge on any atom is -0.103 e. The Morgan fingerprint density at radius 3 is 2.50 bits per heavy atom. The Morgan fingerprint density at radius 1 is 1.38 bits per heavy atom. The van der Waals surface area contributed by atoms with Crippen molar-refractivity contribution in [2.45, 2.75) is 31.0 Å². The van der Waals surface area contributed by atoms with Gasteiger partial charge in [-0.05, 0) is 6.04 Å². The van der Waals surface area contributed by atoms with E-state index in [9.17, 15) is 0 Å². The molecule has 0 N–H and O–H groups in total. The Morgan fingerprint density at radius 2 is 2.00 bits per heavy atom. The molecule has 0 spiro atoms. The zero-order valence-corrected chi connectivity index (χ0v) is 6.32. The van der Waals surface area contributed by atoms with Crippen molar-refractivity contribution >= 4 is 8.80 Å². The summed E-state index contributed by atoms with van der Waals surface area (Å²) in [5.74, 6) is 0. The first-order chi connectivity index (χ1) is 3.93. The van der Waals surface area contributed by atoms with E-state index in [1.165, 1.54) is 18.9 Å². The van der Waals surface area contributed by atoms with Gasteiger partial charge in [-0.1, -0.05) is 31.0 Å². The first kappa shape index (κ1) is 6.08. The molecule has 1 aliphatic heterocycles. The molecule has 0 aliphatic carbocycles. The molecule has 8 heavy (non-hydrogen) atoms. The average Bonchev–Trinajstić information content (AvgIpc) is 2.19. The van der Waals surface area contributed by atoms with Crippen LogP contribution in [-0.4, -0.2) is 8.80 Å². The Labute approximate surface area is 53.2 Å². The highest BCUT2D eigenvalue weighted by Gasteiger charge is 2.14. The van der Waals surface area contributed by atoms with Crippen LogP contribution in [0.4, 0.5) is 0 Å². The Kier molecular flexibility index (Phi) is 2.34. The van der Waals surface area contributed by atoms with Gasteiger partial charge in [0, 0.05) is 0 Å². The maximum Gasteiger partial charge on any atom is 0.0518 e. The Bertz CT molecular complexity index is 72.5. The van der Waals surface area contributed by atoms with Crippen molar-refractivity contribution in [3.05, 3.63) is 12.7 Å². The highest BCUT2D eigenvalue weighted by atomic mass is 28.3. The summed E-state index contributed by atoms with van der Waals surface area (Å²) in [6.45, 7) is 3.75. The Balaban J connectivity index is 2.14. The van der Waals surface area contributed by atoms with Crippen molar-refractivity contribution in [1.29, 1.82) is 0 Å². The van der Waals surface area contributed by atoms with Crippen LogP contribution in [0.1, 0.15) is 12.8 Å². The minimum absolute atomic E-state index is 0.119. The summed E-state index contributed by atoms with van der Waals surface area (Å²) in [7, 11) is 0.119. The summed E-state index contributed by atoms with van der Waals surface area (Å²) < 4.78 is 0. The second-order valence-electron chi connectivity index (χ2n) is 2.45. The van der Waals surface area contributed by atoms with E-state index in [1.807, 2.05) is 0 Å². The fraction of sp³-hybridized carbons (Fsp3) is 0.714. The summed E-state index contributed by atoms with van der Waals surface area (Å²) >= 11 is 0. The number of hydrogen-bond acceptors (Lipinski definition) is 0. The molecular formula is C7H13Si. The predicted octanol–water partition coefficient (Wildman–Crippen LogP) is 2.46. The van der Waals surface area contributed by atoms with Gasteiger partial charge in [-0.15, -0.1) is 6.58 Å². The molecule has 0 amide bonds. The van der Waals surface area contributed by atoms with Gasteiger partial charge in [0.15, 0.2) is 0 Å². The van der Waals surface area contributed by atoms with Gasteiger partial charge in [-0.3, -0.25) is 0 Å². The van der Waals surface area contributed by atoms with Gasteiger partial charge in [0.2, 0.25) is 0 Å². The third-order valence-electron chi connectivity index (χ3n) is 1.74. The molecule has 0 saturated carbocycles. The van der Waals surface area contributed by atoms with Crippen LogP contribution in [0.5, 0.6) is 0 Å². The van der Waals surface area contributed by atoms with E-state index in [0.717, 1.165) is 0 Å².